The van der Waals surface area contributed by atoms with E-state index in [4.69, 9.17) is 0 Å². The van der Waals surface area contributed by atoms with Crippen LogP contribution in [0.2, 0.25) is 0 Å². The molecule has 3 aromatic rings. The summed E-state index contributed by atoms with van der Waals surface area (Å²) in [4.78, 5) is 16.0. The molecule has 0 aliphatic rings. The van der Waals surface area contributed by atoms with Gasteiger partial charge >= 0.3 is 0 Å². The van der Waals surface area contributed by atoms with Crippen molar-refractivity contribution in [2.45, 2.75) is 31.7 Å². The fraction of sp³-hybridized carbons (Fsp3) is 0.182. The number of sulfonamides is 1. The Morgan fingerprint density at radius 3 is 2.35 bits per heavy atom. The number of nitrogens with zero attached hydrogens (tertiary/aromatic N) is 1. The summed E-state index contributed by atoms with van der Waals surface area (Å²) in [5, 5.41) is 2.49. The van der Waals surface area contributed by atoms with E-state index in [1.165, 1.54) is 25.1 Å². The highest BCUT2D eigenvalue weighted by molar-refractivity contribution is 7.92. The number of rotatable bonds is 6. The molecular formula is C22H21F2N3O3S. The standard InChI is InChI=1S/C22H21F2N3O3S/c1-13-5-4-6-17(9-13)27-31(29,30)20-10-16(8-7-14(20)2)22(28)26-15(3)21-18(23)11-25-12-19(21)24/h4-12,15,27H,1-3H3,(H,26,28). The number of nitrogens with one attached hydrogen (secondary N) is 2. The molecule has 1 unspecified atom stereocenters. The van der Waals surface area contributed by atoms with E-state index < -0.39 is 33.6 Å². The Kier molecular flexibility index (Phi) is 6.35. The van der Waals surface area contributed by atoms with E-state index in [1.54, 1.807) is 25.1 Å². The van der Waals surface area contributed by atoms with Crippen LogP contribution in [0.3, 0.4) is 0 Å². The van der Waals surface area contributed by atoms with Crippen molar-refractivity contribution in [1.29, 1.82) is 0 Å². The fourth-order valence-electron chi connectivity index (χ4n) is 3.14. The summed E-state index contributed by atoms with van der Waals surface area (Å²) < 4.78 is 56.1. The van der Waals surface area contributed by atoms with Gasteiger partial charge in [-0.2, -0.15) is 0 Å². The molecule has 9 heteroatoms. The molecule has 6 nitrogen and oxygen atoms in total. The van der Waals surface area contributed by atoms with E-state index >= 15 is 0 Å². The average Bonchev–Trinajstić information content (AvgIpc) is 2.67. The number of hydrogen-bond donors (Lipinski definition) is 2. The monoisotopic (exact) mass is 445 g/mol. The van der Waals surface area contributed by atoms with E-state index in [-0.39, 0.29) is 16.0 Å². The van der Waals surface area contributed by atoms with Crippen molar-refractivity contribution in [3.63, 3.8) is 0 Å². The van der Waals surface area contributed by atoms with Crippen molar-refractivity contribution >= 4 is 21.6 Å². The van der Waals surface area contributed by atoms with Crippen LogP contribution in [-0.4, -0.2) is 19.3 Å². The number of aromatic nitrogens is 1. The molecule has 0 spiro atoms. The lowest BCUT2D eigenvalue weighted by Gasteiger charge is -2.16. The smallest absolute Gasteiger partial charge is 0.262 e. The van der Waals surface area contributed by atoms with Crippen molar-refractivity contribution in [2.24, 2.45) is 0 Å². The Bertz CT molecular complexity index is 1230. The van der Waals surface area contributed by atoms with E-state index in [0.717, 1.165) is 18.0 Å². The molecule has 2 N–H and O–H groups in total. The average molecular weight is 445 g/mol. The quantitative estimate of drug-likeness (QED) is 0.593. The number of carbonyl (C=O) groups excluding carboxylic acids is 1. The molecule has 0 fully saturated rings. The molecule has 1 aromatic heterocycles. The third-order valence-corrected chi connectivity index (χ3v) is 6.20. The number of pyridine rings is 1. The third-order valence-electron chi connectivity index (χ3n) is 4.68. The Hall–Kier alpha value is -3.33. The van der Waals surface area contributed by atoms with Gasteiger partial charge in [0.1, 0.15) is 11.6 Å². The van der Waals surface area contributed by atoms with Crippen molar-refractivity contribution < 1.29 is 22.0 Å². The van der Waals surface area contributed by atoms with Crippen molar-refractivity contribution in [3.05, 3.63) is 88.7 Å². The molecule has 0 bridgehead atoms. The summed E-state index contributed by atoms with van der Waals surface area (Å²) in [7, 11) is -3.97. The lowest BCUT2D eigenvalue weighted by Crippen LogP contribution is -2.28. The Morgan fingerprint density at radius 2 is 1.71 bits per heavy atom. The van der Waals surface area contributed by atoms with E-state index in [0.29, 0.717) is 11.3 Å². The molecule has 0 saturated carbocycles. The highest BCUT2D eigenvalue weighted by Gasteiger charge is 2.22. The van der Waals surface area contributed by atoms with Crippen LogP contribution in [-0.2, 0) is 10.0 Å². The second-order valence-electron chi connectivity index (χ2n) is 7.17. The zero-order valence-corrected chi connectivity index (χ0v) is 17.9. The van der Waals surface area contributed by atoms with Crippen LogP contribution in [0.5, 0.6) is 0 Å². The van der Waals surface area contributed by atoms with Gasteiger partial charge in [0.05, 0.1) is 23.3 Å². The Morgan fingerprint density at radius 1 is 1.03 bits per heavy atom. The Balaban J connectivity index is 1.87. The molecule has 31 heavy (non-hydrogen) atoms. The van der Waals surface area contributed by atoms with E-state index in [9.17, 15) is 22.0 Å². The second kappa shape index (κ2) is 8.81. The molecule has 2 aromatic carbocycles. The lowest BCUT2D eigenvalue weighted by atomic mass is 10.1. The topological polar surface area (TPSA) is 88.2 Å². The molecule has 0 aliphatic carbocycles. The number of anilines is 1. The first kappa shape index (κ1) is 22.4. The van der Waals surface area contributed by atoms with Crippen molar-refractivity contribution in [1.82, 2.24) is 10.3 Å². The summed E-state index contributed by atoms with van der Waals surface area (Å²) in [5.41, 5.74) is 1.43. The van der Waals surface area contributed by atoms with Gasteiger partial charge < -0.3 is 5.32 Å². The summed E-state index contributed by atoms with van der Waals surface area (Å²) >= 11 is 0. The van der Waals surface area contributed by atoms with Gasteiger partial charge in [-0.3, -0.25) is 14.5 Å². The molecule has 3 rings (SSSR count). The van der Waals surface area contributed by atoms with Crippen molar-refractivity contribution in [2.75, 3.05) is 4.72 Å². The van der Waals surface area contributed by atoms with E-state index in [1.807, 2.05) is 13.0 Å². The van der Waals surface area contributed by atoms with Crippen LogP contribution in [0, 0.1) is 25.5 Å². The number of benzene rings is 2. The van der Waals surface area contributed by atoms with Gasteiger partial charge in [0, 0.05) is 16.8 Å². The third kappa shape index (κ3) is 5.05. The normalized spacial score (nSPS) is 12.3. The fourth-order valence-corrected chi connectivity index (χ4v) is 4.46. The molecule has 162 valence electrons. The van der Waals surface area contributed by atoms with Crippen molar-refractivity contribution in [3.8, 4) is 0 Å². The first-order chi connectivity index (χ1) is 14.6. The summed E-state index contributed by atoms with van der Waals surface area (Å²) in [6.45, 7) is 4.87. The molecular weight excluding hydrogens is 424 g/mol. The number of amides is 1. The van der Waals surface area contributed by atoms with Gasteiger partial charge in [0.25, 0.3) is 15.9 Å². The highest BCUT2D eigenvalue weighted by atomic mass is 32.2. The molecule has 0 saturated heterocycles. The van der Waals surface area contributed by atoms with Crippen LogP contribution < -0.4 is 10.0 Å². The van der Waals surface area contributed by atoms with Gasteiger partial charge in [-0.1, -0.05) is 18.2 Å². The second-order valence-corrected chi connectivity index (χ2v) is 8.82. The van der Waals surface area contributed by atoms with Gasteiger partial charge in [-0.05, 0) is 56.2 Å². The van der Waals surface area contributed by atoms with Gasteiger partial charge in [0.2, 0.25) is 0 Å². The predicted octanol–water partition coefficient (Wildman–Crippen LogP) is 4.27. The van der Waals surface area contributed by atoms with Crippen LogP contribution >= 0.6 is 0 Å². The minimum absolute atomic E-state index is 0.0388. The first-order valence-corrected chi connectivity index (χ1v) is 10.9. The maximum absolute atomic E-state index is 13.9. The predicted molar refractivity (Wildman–Crippen MR) is 113 cm³/mol. The number of aryl methyl sites for hydroxylation is 2. The van der Waals surface area contributed by atoms with Crippen LogP contribution in [0.4, 0.5) is 14.5 Å². The molecule has 1 heterocycles. The lowest BCUT2D eigenvalue weighted by molar-refractivity contribution is 0.0938. The molecule has 0 aliphatic heterocycles. The van der Waals surface area contributed by atoms with Gasteiger partial charge in [-0.15, -0.1) is 0 Å². The Labute approximate surface area is 179 Å². The van der Waals surface area contributed by atoms with Gasteiger partial charge in [0.15, 0.2) is 0 Å². The molecule has 1 amide bonds. The van der Waals surface area contributed by atoms with Crippen LogP contribution in [0.25, 0.3) is 0 Å². The maximum Gasteiger partial charge on any atom is 0.262 e. The van der Waals surface area contributed by atoms with Crippen LogP contribution in [0.15, 0.2) is 59.8 Å². The number of halogens is 2. The SMILES string of the molecule is Cc1cccc(NS(=O)(=O)c2cc(C(=O)NC(C)c3c(F)cncc3F)ccc2C)c1. The molecule has 1 atom stereocenters. The first-order valence-electron chi connectivity index (χ1n) is 9.38. The van der Waals surface area contributed by atoms with E-state index in [2.05, 4.69) is 15.0 Å². The van der Waals surface area contributed by atoms with Gasteiger partial charge in [-0.25, -0.2) is 17.2 Å². The summed E-state index contributed by atoms with van der Waals surface area (Å²) in [6.07, 6.45) is 1.71. The van der Waals surface area contributed by atoms with Crippen LogP contribution in [0.1, 0.15) is 40.0 Å². The largest absolute Gasteiger partial charge is 0.345 e. The number of carbonyl (C=O) groups is 1. The molecule has 0 radical (unpaired) electrons. The highest BCUT2D eigenvalue weighted by Crippen LogP contribution is 2.23. The zero-order chi connectivity index (χ0) is 22.8. The number of hydrogen-bond acceptors (Lipinski definition) is 4. The summed E-state index contributed by atoms with van der Waals surface area (Å²) in [5.74, 6) is -2.44. The minimum atomic E-state index is -3.97. The maximum atomic E-state index is 13.9. The summed E-state index contributed by atoms with van der Waals surface area (Å²) in [6, 6.07) is 10.0. The zero-order valence-electron chi connectivity index (χ0n) is 17.1. The minimum Gasteiger partial charge on any atom is -0.345 e.